The number of sulfonamides is 1. The average Bonchev–Trinajstić information content (AvgIpc) is 3.40. The van der Waals surface area contributed by atoms with E-state index in [9.17, 15) is 13.2 Å². The van der Waals surface area contributed by atoms with Crippen molar-refractivity contribution in [1.82, 2.24) is 5.32 Å². The fraction of sp³-hybridized carbons (Fsp3) is 0.269. The highest BCUT2D eigenvalue weighted by molar-refractivity contribution is 7.92. The normalized spacial score (nSPS) is 15.6. The molecule has 1 saturated heterocycles. The molecule has 1 aliphatic rings. The molecule has 0 aromatic heterocycles. The van der Waals surface area contributed by atoms with Crippen molar-refractivity contribution in [3.05, 3.63) is 90.0 Å². The Morgan fingerprint density at radius 2 is 1.82 bits per heavy atom. The largest absolute Gasteiger partial charge is 0.497 e. The first-order valence-electron chi connectivity index (χ1n) is 11.2. The lowest BCUT2D eigenvalue weighted by Crippen LogP contribution is -2.32. The molecule has 3 aromatic rings. The Kier molecular flexibility index (Phi) is 7.49. The number of benzene rings is 3. The first-order chi connectivity index (χ1) is 16.5. The third-order valence-corrected chi connectivity index (χ3v) is 7.50. The number of methoxy groups -OCH3 is 1. The number of nitrogens with zero attached hydrogens (tertiary/aromatic N) is 1. The van der Waals surface area contributed by atoms with Gasteiger partial charge in [-0.05, 0) is 60.9 Å². The molecule has 178 valence electrons. The number of ether oxygens (including phenoxy) is 2. The molecule has 0 aliphatic carbocycles. The van der Waals surface area contributed by atoms with Crippen LogP contribution in [-0.2, 0) is 21.3 Å². The number of carbonyl (C=O) groups excluding carboxylic acids is 1. The van der Waals surface area contributed by atoms with E-state index in [1.54, 1.807) is 43.5 Å². The van der Waals surface area contributed by atoms with Gasteiger partial charge >= 0.3 is 0 Å². The minimum atomic E-state index is -3.97. The van der Waals surface area contributed by atoms with E-state index in [4.69, 9.17) is 9.47 Å². The number of carbonyl (C=O) groups is 1. The predicted molar refractivity (Wildman–Crippen MR) is 131 cm³/mol. The van der Waals surface area contributed by atoms with E-state index >= 15 is 0 Å². The molecule has 1 heterocycles. The van der Waals surface area contributed by atoms with Gasteiger partial charge in [-0.3, -0.25) is 9.10 Å². The maximum atomic E-state index is 13.8. The van der Waals surface area contributed by atoms with Crippen LogP contribution in [-0.4, -0.2) is 40.7 Å². The smallest absolute Gasteiger partial charge is 0.264 e. The molecule has 0 spiro atoms. The maximum absolute atomic E-state index is 13.8. The number of nitrogens with one attached hydrogen (secondary N) is 1. The van der Waals surface area contributed by atoms with Crippen molar-refractivity contribution in [2.24, 2.45) is 0 Å². The molecular weight excluding hydrogens is 452 g/mol. The van der Waals surface area contributed by atoms with Gasteiger partial charge in [-0.2, -0.15) is 0 Å². The zero-order valence-electron chi connectivity index (χ0n) is 19.0. The molecule has 7 nitrogen and oxygen atoms in total. The molecule has 8 heteroatoms. The summed E-state index contributed by atoms with van der Waals surface area (Å²) in [4.78, 5) is 12.7. The lowest BCUT2D eigenvalue weighted by molar-refractivity contribution is 0.0857. The van der Waals surface area contributed by atoms with E-state index < -0.39 is 10.0 Å². The van der Waals surface area contributed by atoms with Gasteiger partial charge in [0.25, 0.3) is 15.9 Å². The Bertz CT molecular complexity index is 1210. The molecule has 0 bridgehead atoms. The zero-order chi connectivity index (χ0) is 24.0. The van der Waals surface area contributed by atoms with Crippen molar-refractivity contribution >= 4 is 21.6 Å². The van der Waals surface area contributed by atoms with Gasteiger partial charge in [-0.15, -0.1) is 0 Å². The number of anilines is 1. The highest BCUT2D eigenvalue weighted by Gasteiger charge is 2.26. The van der Waals surface area contributed by atoms with Gasteiger partial charge in [0.2, 0.25) is 0 Å². The lowest BCUT2D eigenvalue weighted by Gasteiger charge is -2.25. The van der Waals surface area contributed by atoms with E-state index in [0.717, 1.165) is 18.4 Å². The van der Waals surface area contributed by atoms with Crippen LogP contribution in [0.1, 0.15) is 28.8 Å². The van der Waals surface area contributed by atoms with Crippen LogP contribution in [0, 0.1) is 0 Å². The van der Waals surface area contributed by atoms with Crippen LogP contribution in [0.2, 0.25) is 0 Å². The summed E-state index contributed by atoms with van der Waals surface area (Å²) < 4.78 is 39.7. The first kappa shape index (κ1) is 23.8. The van der Waals surface area contributed by atoms with Gasteiger partial charge in [0, 0.05) is 18.7 Å². The monoisotopic (exact) mass is 480 g/mol. The zero-order valence-corrected chi connectivity index (χ0v) is 19.8. The average molecular weight is 481 g/mol. The molecule has 0 unspecified atom stereocenters. The second-order valence-corrected chi connectivity index (χ2v) is 9.93. The topological polar surface area (TPSA) is 84.9 Å². The van der Waals surface area contributed by atoms with Crippen molar-refractivity contribution in [1.29, 1.82) is 0 Å². The van der Waals surface area contributed by atoms with E-state index in [2.05, 4.69) is 5.32 Å². The SMILES string of the molecule is COc1ccc(N(Cc2ccccc2)S(=O)(=O)c2cccc(C(=O)NC[C@@H]3CCCO3)c2)cc1. The fourth-order valence-corrected chi connectivity index (χ4v) is 5.35. The van der Waals surface area contributed by atoms with Gasteiger partial charge in [0.1, 0.15) is 5.75 Å². The number of hydrogen-bond acceptors (Lipinski definition) is 5. The second kappa shape index (κ2) is 10.7. The molecule has 1 atom stereocenters. The van der Waals surface area contributed by atoms with E-state index in [1.165, 1.54) is 16.4 Å². The standard InChI is InChI=1S/C26H28N2O5S/c1-32-23-14-12-22(13-15-23)28(19-20-7-3-2-4-8-20)34(30,31)25-11-5-9-21(17-25)26(29)27-18-24-10-6-16-33-24/h2-5,7-9,11-15,17,24H,6,10,16,18-19H2,1H3,(H,27,29)/t24-/m0/s1. The summed E-state index contributed by atoms with van der Waals surface area (Å²) in [6.07, 6.45) is 1.90. The van der Waals surface area contributed by atoms with Gasteiger partial charge in [0.15, 0.2) is 0 Å². The highest BCUT2D eigenvalue weighted by atomic mass is 32.2. The molecule has 1 N–H and O–H groups in total. The third-order valence-electron chi connectivity index (χ3n) is 5.73. The van der Waals surface area contributed by atoms with Crippen LogP contribution in [0.25, 0.3) is 0 Å². The summed E-state index contributed by atoms with van der Waals surface area (Å²) >= 11 is 0. The van der Waals surface area contributed by atoms with Crippen molar-refractivity contribution in [2.45, 2.75) is 30.4 Å². The van der Waals surface area contributed by atoms with Crippen molar-refractivity contribution in [3.63, 3.8) is 0 Å². The molecule has 34 heavy (non-hydrogen) atoms. The molecule has 0 radical (unpaired) electrons. The van der Waals surface area contributed by atoms with Crippen LogP contribution in [0.3, 0.4) is 0 Å². The summed E-state index contributed by atoms with van der Waals surface area (Å²) in [5, 5.41) is 2.85. The lowest BCUT2D eigenvalue weighted by atomic mass is 10.2. The molecule has 3 aromatic carbocycles. The van der Waals surface area contributed by atoms with E-state index in [-0.39, 0.29) is 29.0 Å². The van der Waals surface area contributed by atoms with Gasteiger partial charge in [-0.1, -0.05) is 36.4 Å². The number of amides is 1. The van der Waals surface area contributed by atoms with Crippen LogP contribution < -0.4 is 14.4 Å². The highest BCUT2D eigenvalue weighted by Crippen LogP contribution is 2.28. The predicted octanol–water partition coefficient (Wildman–Crippen LogP) is 4.00. The van der Waals surface area contributed by atoms with Crippen molar-refractivity contribution in [3.8, 4) is 5.75 Å². The van der Waals surface area contributed by atoms with E-state index in [0.29, 0.717) is 24.6 Å². The molecule has 1 aliphatic heterocycles. The minimum Gasteiger partial charge on any atom is -0.497 e. The van der Waals surface area contributed by atoms with E-state index in [1.807, 2.05) is 30.3 Å². The summed E-state index contributed by atoms with van der Waals surface area (Å²) in [6.45, 7) is 1.25. The Balaban J connectivity index is 1.62. The Morgan fingerprint density at radius 3 is 2.50 bits per heavy atom. The quantitative estimate of drug-likeness (QED) is 0.500. The third kappa shape index (κ3) is 5.58. The van der Waals surface area contributed by atoms with Crippen LogP contribution in [0.15, 0.2) is 83.8 Å². The van der Waals surface area contributed by atoms with Gasteiger partial charge < -0.3 is 14.8 Å². The Morgan fingerprint density at radius 1 is 1.06 bits per heavy atom. The minimum absolute atomic E-state index is 0.00676. The summed E-state index contributed by atoms with van der Waals surface area (Å²) in [5.74, 6) is 0.303. The molecule has 4 rings (SSSR count). The molecule has 0 saturated carbocycles. The van der Waals surface area contributed by atoms with Gasteiger partial charge in [0.05, 0.1) is 30.3 Å². The van der Waals surface area contributed by atoms with Crippen molar-refractivity contribution < 1.29 is 22.7 Å². The van der Waals surface area contributed by atoms with Crippen molar-refractivity contribution in [2.75, 3.05) is 24.6 Å². The molecular formula is C26H28N2O5S. The van der Waals surface area contributed by atoms with Crippen LogP contribution >= 0.6 is 0 Å². The summed E-state index contributed by atoms with van der Waals surface area (Å²) in [7, 11) is -2.41. The molecule has 1 fully saturated rings. The van der Waals surface area contributed by atoms with Crippen LogP contribution in [0.5, 0.6) is 5.75 Å². The Labute approximate surface area is 200 Å². The second-order valence-electron chi connectivity index (χ2n) is 8.07. The fourth-order valence-electron chi connectivity index (χ4n) is 3.85. The summed E-state index contributed by atoms with van der Waals surface area (Å²) in [6, 6.07) is 22.3. The number of hydrogen-bond donors (Lipinski definition) is 1. The van der Waals surface area contributed by atoms with Crippen LogP contribution in [0.4, 0.5) is 5.69 Å². The maximum Gasteiger partial charge on any atom is 0.264 e. The number of rotatable bonds is 9. The molecule has 1 amide bonds. The first-order valence-corrected chi connectivity index (χ1v) is 12.6. The van der Waals surface area contributed by atoms with Gasteiger partial charge in [-0.25, -0.2) is 8.42 Å². The Hall–Kier alpha value is -3.36. The summed E-state index contributed by atoms with van der Waals surface area (Å²) in [5.41, 5.74) is 1.62.